The van der Waals surface area contributed by atoms with Crippen LogP contribution < -0.4 is 0 Å². The van der Waals surface area contributed by atoms with Crippen LogP contribution in [0, 0.1) is 3.57 Å². The van der Waals surface area contributed by atoms with Crippen molar-refractivity contribution in [3.63, 3.8) is 0 Å². The minimum absolute atomic E-state index is 1.29. The standard InChI is InChI=1S/C6H5I.H2O7S2/c7-6-4-2-1-3-5-6;1-8(2,3)7-9(4,5)6/h1-5H;(H,1,2,3)(H,4,5,6). The molecule has 2 N–H and O–H groups in total. The van der Waals surface area contributed by atoms with E-state index in [2.05, 4.69) is 38.4 Å². The summed E-state index contributed by atoms with van der Waals surface area (Å²) in [5.41, 5.74) is 0. The fourth-order valence-electron chi connectivity index (χ4n) is 0.523. The maximum Gasteiger partial charge on any atom is 0.413 e. The maximum absolute atomic E-state index is 9.44. The van der Waals surface area contributed by atoms with Crippen molar-refractivity contribution in [1.29, 1.82) is 0 Å². The van der Waals surface area contributed by atoms with Crippen molar-refractivity contribution in [1.82, 2.24) is 0 Å². The lowest BCUT2D eigenvalue weighted by molar-refractivity contribution is 0.344. The largest absolute Gasteiger partial charge is 0.413 e. The molecule has 92 valence electrons. The van der Waals surface area contributed by atoms with Crippen LogP contribution in [0.4, 0.5) is 0 Å². The first-order valence-electron chi connectivity index (χ1n) is 3.46. The van der Waals surface area contributed by atoms with Gasteiger partial charge in [-0.15, -0.1) is 3.63 Å². The quantitative estimate of drug-likeness (QED) is 0.576. The second-order valence-corrected chi connectivity index (χ2v) is 5.72. The summed E-state index contributed by atoms with van der Waals surface area (Å²) in [7, 11) is -10.2. The molecule has 10 heteroatoms. The summed E-state index contributed by atoms with van der Waals surface area (Å²) in [4.78, 5) is 0. The minimum atomic E-state index is -5.12. The highest BCUT2D eigenvalue weighted by Crippen LogP contribution is 1.99. The molecule has 0 saturated heterocycles. The molecule has 0 aromatic heterocycles. The van der Waals surface area contributed by atoms with Gasteiger partial charge in [0.05, 0.1) is 0 Å². The van der Waals surface area contributed by atoms with Crippen molar-refractivity contribution < 1.29 is 29.6 Å². The van der Waals surface area contributed by atoms with E-state index in [0.29, 0.717) is 0 Å². The van der Waals surface area contributed by atoms with Gasteiger partial charge in [-0.3, -0.25) is 9.11 Å². The van der Waals surface area contributed by atoms with E-state index in [4.69, 9.17) is 9.11 Å². The Bertz CT molecular complexity index is 477. The van der Waals surface area contributed by atoms with Crippen molar-refractivity contribution in [2.45, 2.75) is 0 Å². The summed E-state index contributed by atoms with van der Waals surface area (Å²) in [5, 5.41) is 0. The molecule has 0 radical (unpaired) electrons. The van der Waals surface area contributed by atoms with E-state index in [1.807, 2.05) is 18.2 Å². The Hall–Kier alpha value is -0.270. The number of halogens is 1. The van der Waals surface area contributed by atoms with Crippen molar-refractivity contribution in [3.8, 4) is 0 Å². The van der Waals surface area contributed by atoms with Gasteiger partial charge in [-0.1, -0.05) is 18.2 Å². The molecule has 0 atom stereocenters. The van der Waals surface area contributed by atoms with E-state index < -0.39 is 20.8 Å². The Morgan fingerprint density at radius 2 is 1.31 bits per heavy atom. The highest BCUT2D eigenvalue weighted by Gasteiger charge is 2.15. The second kappa shape index (κ2) is 6.46. The van der Waals surface area contributed by atoms with Gasteiger partial charge in [0.1, 0.15) is 0 Å². The molecule has 0 spiro atoms. The van der Waals surface area contributed by atoms with Crippen LogP contribution in [0.25, 0.3) is 0 Å². The Morgan fingerprint density at radius 1 is 0.938 bits per heavy atom. The zero-order valence-corrected chi connectivity index (χ0v) is 11.3. The summed E-state index contributed by atoms with van der Waals surface area (Å²) in [6.07, 6.45) is 0. The highest BCUT2D eigenvalue weighted by atomic mass is 127. The molecule has 0 aliphatic rings. The zero-order valence-electron chi connectivity index (χ0n) is 7.52. The molecule has 0 saturated carbocycles. The average Bonchev–Trinajstić information content (AvgIpc) is 1.99. The van der Waals surface area contributed by atoms with Gasteiger partial charge in [-0.05, 0) is 34.7 Å². The molecule has 0 aliphatic carbocycles. The van der Waals surface area contributed by atoms with E-state index in [1.54, 1.807) is 0 Å². The predicted octanol–water partition coefficient (Wildman–Crippen LogP) is 0.900. The molecule has 1 aromatic carbocycles. The Kier molecular flexibility index (Phi) is 6.35. The number of hydrogen-bond acceptors (Lipinski definition) is 5. The molecule has 1 aromatic rings. The van der Waals surface area contributed by atoms with Crippen LogP contribution in [0.2, 0.25) is 0 Å². The summed E-state index contributed by atoms with van der Waals surface area (Å²) < 4.78 is 56.9. The molecular formula is C6H7IO7S2. The molecule has 0 heterocycles. The van der Waals surface area contributed by atoms with Crippen LogP contribution in [0.15, 0.2) is 30.3 Å². The van der Waals surface area contributed by atoms with Gasteiger partial charge in [0.15, 0.2) is 0 Å². The number of benzene rings is 1. The van der Waals surface area contributed by atoms with Crippen molar-refractivity contribution in [2.75, 3.05) is 0 Å². The Labute approximate surface area is 106 Å². The van der Waals surface area contributed by atoms with Crippen LogP contribution in [0.5, 0.6) is 0 Å². The molecule has 0 aliphatic heterocycles. The Morgan fingerprint density at radius 3 is 1.44 bits per heavy atom. The fourth-order valence-corrected chi connectivity index (χ4v) is 1.81. The van der Waals surface area contributed by atoms with Crippen LogP contribution in [-0.4, -0.2) is 25.9 Å². The van der Waals surface area contributed by atoms with E-state index in [0.717, 1.165) is 0 Å². The van der Waals surface area contributed by atoms with Gasteiger partial charge in [-0.2, -0.15) is 16.8 Å². The normalized spacial score (nSPS) is 11.4. The van der Waals surface area contributed by atoms with E-state index in [9.17, 15) is 16.8 Å². The van der Waals surface area contributed by atoms with Crippen molar-refractivity contribution >= 4 is 43.4 Å². The molecule has 0 bridgehead atoms. The lowest BCUT2D eigenvalue weighted by atomic mass is 10.4. The topological polar surface area (TPSA) is 118 Å². The van der Waals surface area contributed by atoms with Gasteiger partial charge in [0.25, 0.3) is 0 Å². The van der Waals surface area contributed by atoms with Crippen LogP contribution >= 0.6 is 22.6 Å². The average molecular weight is 382 g/mol. The van der Waals surface area contributed by atoms with Crippen LogP contribution in [0.3, 0.4) is 0 Å². The third-order valence-electron chi connectivity index (χ3n) is 0.905. The van der Waals surface area contributed by atoms with Gasteiger partial charge in [0, 0.05) is 3.57 Å². The van der Waals surface area contributed by atoms with Gasteiger partial charge in [-0.25, -0.2) is 0 Å². The third kappa shape index (κ3) is 11.8. The second-order valence-electron chi connectivity index (χ2n) is 2.22. The molecule has 7 nitrogen and oxygen atoms in total. The van der Waals surface area contributed by atoms with E-state index >= 15 is 0 Å². The lowest BCUT2D eigenvalue weighted by Gasteiger charge is -1.89. The molecule has 0 unspecified atom stereocenters. The van der Waals surface area contributed by atoms with E-state index in [-0.39, 0.29) is 0 Å². The van der Waals surface area contributed by atoms with Gasteiger partial charge < -0.3 is 0 Å². The molecular weight excluding hydrogens is 375 g/mol. The zero-order chi connectivity index (χ0) is 12.8. The first kappa shape index (κ1) is 15.7. The molecule has 16 heavy (non-hydrogen) atoms. The summed E-state index contributed by atoms with van der Waals surface area (Å²) in [6.45, 7) is 0. The fraction of sp³-hybridized carbons (Fsp3) is 0. The highest BCUT2D eigenvalue weighted by molar-refractivity contribution is 14.1. The monoisotopic (exact) mass is 382 g/mol. The summed E-state index contributed by atoms with van der Waals surface area (Å²) >= 11 is 2.28. The van der Waals surface area contributed by atoms with Gasteiger partial charge >= 0.3 is 20.8 Å². The maximum atomic E-state index is 9.44. The molecule has 1 rings (SSSR count). The molecule has 0 amide bonds. The SMILES string of the molecule is Ic1ccccc1.O=S(=O)(O)OS(=O)(=O)O. The first-order valence-corrected chi connectivity index (χ1v) is 7.27. The first-order chi connectivity index (χ1) is 7.10. The lowest BCUT2D eigenvalue weighted by Crippen LogP contribution is -2.10. The predicted molar refractivity (Wildman–Crippen MR) is 63.3 cm³/mol. The van der Waals surface area contributed by atoms with Crippen molar-refractivity contribution in [2.24, 2.45) is 0 Å². The molecule has 0 fully saturated rings. The van der Waals surface area contributed by atoms with Crippen LogP contribution in [0.1, 0.15) is 0 Å². The smallest absolute Gasteiger partial charge is 0.263 e. The Balaban J connectivity index is 0.000000288. The van der Waals surface area contributed by atoms with Crippen LogP contribution in [-0.2, 0) is 24.4 Å². The summed E-state index contributed by atoms with van der Waals surface area (Å²) in [6, 6.07) is 10.2. The third-order valence-corrected chi connectivity index (χ3v) is 3.00. The van der Waals surface area contributed by atoms with Gasteiger partial charge in [0.2, 0.25) is 0 Å². The number of rotatable bonds is 2. The van der Waals surface area contributed by atoms with E-state index in [1.165, 1.54) is 3.57 Å². The minimum Gasteiger partial charge on any atom is -0.263 e. The summed E-state index contributed by atoms with van der Waals surface area (Å²) in [5.74, 6) is 0. The van der Waals surface area contributed by atoms with Crippen molar-refractivity contribution in [3.05, 3.63) is 33.9 Å². The number of hydrogen-bond donors (Lipinski definition) is 2.